The van der Waals surface area contributed by atoms with Gasteiger partial charge in [-0.05, 0) is 36.2 Å². The van der Waals surface area contributed by atoms with E-state index in [1.165, 1.54) is 5.56 Å². The Bertz CT molecular complexity index is 623. The maximum atomic E-state index is 11.1. The molecule has 4 heteroatoms. The van der Waals surface area contributed by atoms with Crippen molar-refractivity contribution in [3.63, 3.8) is 0 Å². The Morgan fingerprint density at radius 1 is 1.15 bits per heavy atom. The summed E-state index contributed by atoms with van der Waals surface area (Å²) < 4.78 is 0. The van der Waals surface area contributed by atoms with Crippen LogP contribution >= 0.6 is 0 Å². The summed E-state index contributed by atoms with van der Waals surface area (Å²) in [7, 11) is 0. The summed E-state index contributed by atoms with van der Waals surface area (Å²) in [4.78, 5) is 11.1. The predicted octanol–water partition coefficient (Wildman–Crippen LogP) is 3.06. The normalized spacial score (nSPS) is 10.2. The second-order valence-corrected chi connectivity index (χ2v) is 4.70. The molecule has 0 spiro atoms. The highest BCUT2D eigenvalue weighted by Crippen LogP contribution is 2.26. The van der Waals surface area contributed by atoms with Gasteiger partial charge in [0.05, 0.1) is 11.4 Å². The van der Waals surface area contributed by atoms with E-state index in [0.29, 0.717) is 11.3 Å². The van der Waals surface area contributed by atoms with Crippen LogP contribution in [0.4, 0.5) is 17.1 Å². The fourth-order valence-corrected chi connectivity index (χ4v) is 2.10. The SMILES string of the molecule is CCCc1ccccc1Nc1ccc(C(N)=O)cc1N. The van der Waals surface area contributed by atoms with E-state index in [0.717, 1.165) is 24.2 Å². The first kappa shape index (κ1) is 13.9. The Balaban J connectivity index is 2.28. The quantitative estimate of drug-likeness (QED) is 0.730. The number of carbonyl (C=O) groups excluding carboxylic acids is 1. The van der Waals surface area contributed by atoms with Crippen LogP contribution in [0.15, 0.2) is 42.5 Å². The third kappa shape index (κ3) is 3.09. The number of amides is 1. The highest BCUT2D eigenvalue weighted by atomic mass is 16.1. The van der Waals surface area contributed by atoms with Gasteiger partial charge < -0.3 is 16.8 Å². The number of benzene rings is 2. The highest BCUT2D eigenvalue weighted by Gasteiger charge is 2.07. The number of para-hydroxylation sites is 1. The first-order valence-corrected chi connectivity index (χ1v) is 6.66. The van der Waals surface area contributed by atoms with Gasteiger partial charge in [0.2, 0.25) is 5.91 Å². The lowest BCUT2D eigenvalue weighted by Crippen LogP contribution is -2.11. The molecule has 0 saturated carbocycles. The van der Waals surface area contributed by atoms with Crippen molar-refractivity contribution >= 4 is 23.0 Å². The maximum Gasteiger partial charge on any atom is 0.248 e. The smallest absolute Gasteiger partial charge is 0.248 e. The third-order valence-electron chi connectivity index (χ3n) is 3.14. The average molecular weight is 269 g/mol. The van der Waals surface area contributed by atoms with E-state index >= 15 is 0 Å². The third-order valence-corrected chi connectivity index (χ3v) is 3.14. The van der Waals surface area contributed by atoms with E-state index in [9.17, 15) is 4.79 Å². The topological polar surface area (TPSA) is 81.1 Å². The molecule has 20 heavy (non-hydrogen) atoms. The van der Waals surface area contributed by atoms with Gasteiger partial charge in [-0.2, -0.15) is 0 Å². The first-order chi connectivity index (χ1) is 9.61. The monoisotopic (exact) mass is 269 g/mol. The van der Waals surface area contributed by atoms with Gasteiger partial charge in [-0.25, -0.2) is 0 Å². The molecule has 0 aliphatic rings. The molecule has 5 N–H and O–H groups in total. The van der Waals surface area contributed by atoms with E-state index in [2.05, 4.69) is 18.3 Å². The number of carbonyl (C=O) groups is 1. The minimum Gasteiger partial charge on any atom is -0.397 e. The molecule has 0 radical (unpaired) electrons. The Morgan fingerprint density at radius 3 is 2.55 bits per heavy atom. The zero-order valence-electron chi connectivity index (χ0n) is 11.5. The van der Waals surface area contributed by atoms with E-state index in [4.69, 9.17) is 11.5 Å². The molecule has 0 bridgehead atoms. The molecular weight excluding hydrogens is 250 g/mol. The van der Waals surface area contributed by atoms with Crippen LogP contribution in [0, 0.1) is 0 Å². The zero-order valence-corrected chi connectivity index (χ0v) is 11.5. The number of nitrogens with one attached hydrogen (secondary N) is 1. The summed E-state index contributed by atoms with van der Waals surface area (Å²) in [6.07, 6.45) is 2.08. The van der Waals surface area contributed by atoms with Gasteiger partial charge in [-0.1, -0.05) is 31.5 Å². The number of primary amides is 1. The van der Waals surface area contributed by atoms with E-state index < -0.39 is 5.91 Å². The molecule has 0 heterocycles. The fourth-order valence-electron chi connectivity index (χ4n) is 2.10. The summed E-state index contributed by atoms with van der Waals surface area (Å²) in [5, 5.41) is 3.31. The Kier molecular flexibility index (Phi) is 4.25. The summed E-state index contributed by atoms with van der Waals surface area (Å²) >= 11 is 0. The molecule has 0 unspecified atom stereocenters. The molecule has 4 nitrogen and oxygen atoms in total. The van der Waals surface area contributed by atoms with Crippen LogP contribution in [-0.2, 0) is 6.42 Å². The lowest BCUT2D eigenvalue weighted by molar-refractivity contribution is 0.100. The summed E-state index contributed by atoms with van der Waals surface area (Å²) in [6.45, 7) is 2.15. The van der Waals surface area contributed by atoms with Crippen molar-refractivity contribution in [2.24, 2.45) is 5.73 Å². The van der Waals surface area contributed by atoms with Gasteiger partial charge in [-0.3, -0.25) is 4.79 Å². The molecule has 2 aromatic rings. The van der Waals surface area contributed by atoms with Crippen molar-refractivity contribution in [1.29, 1.82) is 0 Å². The number of anilines is 3. The van der Waals surface area contributed by atoms with Crippen LogP contribution in [0.1, 0.15) is 29.3 Å². The molecule has 2 aromatic carbocycles. The zero-order chi connectivity index (χ0) is 14.5. The minimum atomic E-state index is -0.477. The molecule has 0 aliphatic heterocycles. The molecule has 0 saturated heterocycles. The molecule has 2 rings (SSSR count). The van der Waals surface area contributed by atoms with Gasteiger partial charge in [0.15, 0.2) is 0 Å². The van der Waals surface area contributed by atoms with Crippen LogP contribution in [0.5, 0.6) is 0 Å². The second kappa shape index (κ2) is 6.10. The predicted molar refractivity (Wildman–Crippen MR) is 83.1 cm³/mol. The molecule has 0 atom stereocenters. The summed E-state index contributed by atoms with van der Waals surface area (Å²) in [6, 6.07) is 13.2. The Morgan fingerprint density at radius 2 is 1.90 bits per heavy atom. The molecule has 104 valence electrons. The molecular formula is C16H19N3O. The molecule has 1 amide bonds. The van der Waals surface area contributed by atoms with Crippen LogP contribution in [0.3, 0.4) is 0 Å². The maximum absolute atomic E-state index is 11.1. The van der Waals surface area contributed by atoms with Crippen molar-refractivity contribution in [2.45, 2.75) is 19.8 Å². The van der Waals surface area contributed by atoms with Crippen molar-refractivity contribution in [2.75, 3.05) is 11.1 Å². The van der Waals surface area contributed by atoms with Crippen LogP contribution in [0.2, 0.25) is 0 Å². The van der Waals surface area contributed by atoms with Gasteiger partial charge in [-0.15, -0.1) is 0 Å². The lowest BCUT2D eigenvalue weighted by atomic mass is 10.1. The van der Waals surface area contributed by atoms with Gasteiger partial charge in [0.1, 0.15) is 0 Å². The largest absolute Gasteiger partial charge is 0.397 e. The van der Waals surface area contributed by atoms with E-state index in [1.54, 1.807) is 18.2 Å². The van der Waals surface area contributed by atoms with Gasteiger partial charge >= 0.3 is 0 Å². The number of hydrogen-bond acceptors (Lipinski definition) is 3. The van der Waals surface area contributed by atoms with Crippen LogP contribution in [-0.4, -0.2) is 5.91 Å². The Labute approximate surface area is 118 Å². The first-order valence-electron chi connectivity index (χ1n) is 6.66. The summed E-state index contributed by atoms with van der Waals surface area (Å²) in [5.41, 5.74) is 15.2. The molecule has 0 aliphatic carbocycles. The van der Waals surface area contributed by atoms with Gasteiger partial charge in [0, 0.05) is 11.3 Å². The standard InChI is InChI=1S/C16H19N3O/c1-2-5-11-6-3-4-7-14(11)19-15-9-8-12(16(18)20)10-13(15)17/h3-4,6-10,19H,2,5,17H2,1H3,(H2,18,20). The van der Waals surface area contributed by atoms with Crippen molar-refractivity contribution < 1.29 is 4.79 Å². The minimum absolute atomic E-state index is 0.412. The van der Waals surface area contributed by atoms with Gasteiger partial charge in [0.25, 0.3) is 0 Å². The number of nitrogen functional groups attached to an aromatic ring is 1. The summed E-state index contributed by atoms with van der Waals surface area (Å²) in [5.74, 6) is -0.477. The van der Waals surface area contributed by atoms with Crippen LogP contribution < -0.4 is 16.8 Å². The van der Waals surface area contributed by atoms with E-state index in [-0.39, 0.29) is 0 Å². The van der Waals surface area contributed by atoms with E-state index in [1.807, 2.05) is 18.2 Å². The molecule has 0 fully saturated rings. The fraction of sp³-hybridized carbons (Fsp3) is 0.188. The molecule has 0 aromatic heterocycles. The number of aryl methyl sites for hydroxylation is 1. The van der Waals surface area contributed by atoms with Crippen molar-refractivity contribution in [3.05, 3.63) is 53.6 Å². The van der Waals surface area contributed by atoms with Crippen molar-refractivity contribution in [3.8, 4) is 0 Å². The van der Waals surface area contributed by atoms with Crippen molar-refractivity contribution in [1.82, 2.24) is 0 Å². The Hall–Kier alpha value is -2.49. The van der Waals surface area contributed by atoms with Crippen LogP contribution in [0.25, 0.3) is 0 Å². The number of nitrogens with two attached hydrogens (primary N) is 2. The lowest BCUT2D eigenvalue weighted by Gasteiger charge is -2.13. The average Bonchev–Trinajstić information content (AvgIpc) is 2.43. The highest BCUT2D eigenvalue weighted by molar-refractivity contribution is 5.95. The second-order valence-electron chi connectivity index (χ2n) is 4.70. The number of rotatable bonds is 5. The number of hydrogen-bond donors (Lipinski definition) is 3.